The van der Waals surface area contributed by atoms with Crippen molar-refractivity contribution in [2.75, 3.05) is 51.8 Å². The summed E-state index contributed by atoms with van der Waals surface area (Å²) in [5, 5.41) is 9.20. The fraction of sp³-hybridized carbons (Fsp3) is 0.529. The fourth-order valence-electron chi connectivity index (χ4n) is 2.71. The molecule has 0 radical (unpaired) electrons. The summed E-state index contributed by atoms with van der Waals surface area (Å²) in [7, 11) is 3.31. The summed E-state index contributed by atoms with van der Waals surface area (Å²) in [6.07, 6.45) is 1.02. The highest BCUT2D eigenvalue weighted by atomic mass is 127. The zero-order valence-electron chi connectivity index (χ0n) is 15.1. The maximum atomic E-state index is 11.7. The predicted octanol–water partition coefficient (Wildman–Crippen LogP) is 1.57. The Morgan fingerprint density at radius 1 is 1.38 bits per heavy atom. The Bertz CT molecular complexity index is 602. The van der Waals surface area contributed by atoms with E-state index in [0.717, 1.165) is 24.0 Å². The summed E-state index contributed by atoms with van der Waals surface area (Å²) in [6.45, 7) is 3.07. The van der Waals surface area contributed by atoms with Crippen molar-refractivity contribution in [2.45, 2.75) is 12.5 Å². The molecule has 0 spiro atoms. The molecule has 0 saturated carbocycles. The number of amides is 1. The lowest BCUT2D eigenvalue weighted by Gasteiger charge is -2.21. The van der Waals surface area contributed by atoms with Crippen molar-refractivity contribution in [2.24, 2.45) is 4.99 Å². The molecule has 1 aliphatic heterocycles. The zero-order chi connectivity index (χ0) is 18.1. The predicted molar refractivity (Wildman–Crippen MR) is 120 cm³/mol. The molecule has 1 amide bonds. The van der Waals surface area contributed by atoms with E-state index in [-0.39, 0.29) is 42.5 Å². The molecule has 3 N–H and O–H groups in total. The van der Waals surface area contributed by atoms with E-state index in [0.29, 0.717) is 19.1 Å². The number of hydrogen-bond acceptors (Lipinski definition) is 4. The molecule has 1 heterocycles. The molecule has 0 bridgehead atoms. The third-order valence-corrected chi connectivity index (χ3v) is 4.66. The highest BCUT2D eigenvalue weighted by molar-refractivity contribution is 14.0. The number of guanidine groups is 1. The minimum Gasteiger partial charge on any atom is -0.383 e. The van der Waals surface area contributed by atoms with Crippen LogP contribution < -0.4 is 20.9 Å². The minimum absolute atomic E-state index is 0. The molecule has 1 aromatic rings. The number of nitrogens with one attached hydrogen (secondary N) is 3. The molecular formula is C17H27BrIN5O2. The molecule has 0 aliphatic carbocycles. The Balaban J connectivity index is 0.00000338. The van der Waals surface area contributed by atoms with Crippen molar-refractivity contribution in [1.29, 1.82) is 0 Å². The molecule has 9 heteroatoms. The first-order valence-corrected chi connectivity index (χ1v) is 9.15. The van der Waals surface area contributed by atoms with Gasteiger partial charge in [0.15, 0.2) is 5.96 Å². The van der Waals surface area contributed by atoms with Crippen LogP contribution in [0.4, 0.5) is 5.69 Å². The molecule has 0 aromatic heterocycles. The number of hydrogen-bond donors (Lipinski definition) is 3. The smallest absolute Gasteiger partial charge is 0.239 e. The third kappa shape index (κ3) is 7.28. The molecule has 1 aliphatic rings. The Morgan fingerprint density at radius 2 is 2.15 bits per heavy atom. The number of methoxy groups -OCH3 is 1. The number of halogens is 2. The first-order chi connectivity index (χ1) is 12.1. The molecule has 1 saturated heterocycles. The van der Waals surface area contributed by atoms with E-state index in [1.807, 2.05) is 12.1 Å². The van der Waals surface area contributed by atoms with Gasteiger partial charge in [-0.05, 0) is 34.5 Å². The number of benzene rings is 1. The number of aliphatic imine (C=N–C) groups is 1. The summed E-state index contributed by atoms with van der Waals surface area (Å²) < 4.78 is 6.01. The number of para-hydroxylation sites is 1. The van der Waals surface area contributed by atoms with E-state index < -0.39 is 0 Å². The van der Waals surface area contributed by atoms with Gasteiger partial charge in [0.1, 0.15) is 0 Å². The quantitative estimate of drug-likeness (QED) is 0.212. The summed E-state index contributed by atoms with van der Waals surface area (Å²) in [4.78, 5) is 18.3. The van der Waals surface area contributed by atoms with Gasteiger partial charge in [-0.2, -0.15) is 0 Å². The van der Waals surface area contributed by atoms with Crippen molar-refractivity contribution in [3.8, 4) is 0 Å². The van der Waals surface area contributed by atoms with Crippen LogP contribution in [0.15, 0.2) is 33.7 Å². The van der Waals surface area contributed by atoms with Crippen LogP contribution >= 0.6 is 39.9 Å². The van der Waals surface area contributed by atoms with Crippen LogP contribution in [0.25, 0.3) is 0 Å². The fourth-order valence-corrected chi connectivity index (χ4v) is 3.25. The zero-order valence-corrected chi connectivity index (χ0v) is 19.0. The first-order valence-electron chi connectivity index (χ1n) is 8.36. The Hall–Kier alpha value is -1.07. The number of ether oxygens (including phenoxy) is 1. The number of carbonyl (C=O) groups excluding carboxylic acids is 1. The van der Waals surface area contributed by atoms with Crippen LogP contribution in [-0.4, -0.2) is 64.9 Å². The number of anilines is 1. The van der Waals surface area contributed by atoms with Crippen LogP contribution in [0.2, 0.25) is 0 Å². The van der Waals surface area contributed by atoms with Gasteiger partial charge in [0.2, 0.25) is 5.91 Å². The normalized spacial score (nSPS) is 16.8. The van der Waals surface area contributed by atoms with E-state index in [1.54, 1.807) is 14.2 Å². The summed E-state index contributed by atoms with van der Waals surface area (Å²) >= 11 is 3.61. The molecule has 2 rings (SSSR count). The summed E-state index contributed by atoms with van der Waals surface area (Å²) in [6, 6.07) is 8.52. The van der Waals surface area contributed by atoms with Gasteiger partial charge in [-0.25, -0.2) is 0 Å². The summed E-state index contributed by atoms with van der Waals surface area (Å²) in [5.74, 6) is 0.558. The van der Waals surface area contributed by atoms with Crippen molar-refractivity contribution in [3.05, 3.63) is 28.7 Å². The van der Waals surface area contributed by atoms with Crippen molar-refractivity contribution in [1.82, 2.24) is 16.0 Å². The largest absolute Gasteiger partial charge is 0.383 e. The lowest BCUT2D eigenvalue weighted by molar-refractivity contribution is -0.120. The van der Waals surface area contributed by atoms with Gasteiger partial charge in [-0.3, -0.25) is 9.79 Å². The monoisotopic (exact) mass is 539 g/mol. The first kappa shape index (κ1) is 23.0. The molecule has 7 nitrogen and oxygen atoms in total. The van der Waals surface area contributed by atoms with Crippen LogP contribution in [0.5, 0.6) is 0 Å². The lowest BCUT2D eigenvalue weighted by atomic mass is 10.3. The Labute approximate surface area is 180 Å². The van der Waals surface area contributed by atoms with Gasteiger partial charge < -0.3 is 25.6 Å². The van der Waals surface area contributed by atoms with Crippen LogP contribution in [0, 0.1) is 0 Å². The highest BCUT2D eigenvalue weighted by Gasteiger charge is 2.24. The van der Waals surface area contributed by atoms with Gasteiger partial charge in [0.25, 0.3) is 0 Å². The standard InChI is InChI=1S/C17H26BrN5O2.HI/c1-19-17(21-11-16(24)20-8-10-25-2)22-13-7-9-23(12-13)15-6-4-3-5-14(15)18;/h3-6,13H,7-12H2,1-2H3,(H,20,24)(H2,19,21,22);1H. The van der Waals surface area contributed by atoms with Gasteiger partial charge >= 0.3 is 0 Å². The third-order valence-electron chi connectivity index (χ3n) is 3.99. The second-order valence-electron chi connectivity index (χ2n) is 5.80. The van der Waals surface area contributed by atoms with E-state index in [4.69, 9.17) is 4.74 Å². The lowest BCUT2D eigenvalue weighted by Crippen LogP contribution is -2.47. The van der Waals surface area contributed by atoms with Crippen LogP contribution in [0.3, 0.4) is 0 Å². The average molecular weight is 540 g/mol. The van der Waals surface area contributed by atoms with Crippen molar-refractivity contribution >= 4 is 57.5 Å². The van der Waals surface area contributed by atoms with E-state index in [2.05, 4.69) is 53.9 Å². The number of rotatable bonds is 7. The number of nitrogens with zero attached hydrogens (tertiary/aromatic N) is 2. The maximum absolute atomic E-state index is 11.7. The SMILES string of the molecule is CN=C(NCC(=O)NCCOC)NC1CCN(c2ccccc2Br)C1.I. The second kappa shape index (κ2) is 12.3. The van der Waals surface area contributed by atoms with Crippen molar-refractivity contribution in [3.63, 3.8) is 0 Å². The molecule has 146 valence electrons. The molecular weight excluding hydrogens is 513 g/mol. The van der Waals surface area contributed by atoms with Gasteiger partial charge in [0.05, 0.1) is 18.8 Å². The molecule has 1 atom stereocenters. The Morgan fingerprint density at radius 3 is 2.85 bits per heavy atom. The summed E-state index contributed by atoms with van der Waals surface area (Å²) in [5.41, 5.74) is 1.20. The maximum Gasteiger partial charge on any atom is 0.239 e. The van der Waals surface area contributed by atoms with Gasteiger partial charge in [-0.15, -0.1) is 24.0 Å². The van der Waals surface area contributed by atoms with Crippen LogP contribution in [-0.2, 0) is 9.53 Å². The van der Waals surface area contributed by atoms with Crippen molar-refractivity contribution < 1.29 is 9.53 Å². The van der Waals surface area contributed by atoms with Gasteiger partial charge in [-0.1, -0.05) is 12.1 Å². The van der Waals surface area contributed by atoms with Gasteiger partial charge in [0, 0.05) is 44.3 Å². The number of carbonyl (C=O) groups is 1. The highest BCUT2D eigenvalue weighted by Crippen LogP contribution is 2.28. The second-order valence-corrected chi connectivity index (χ2v) is 6.65. The molecule has 1 unspecified atom stereocenters. The van der Waals surface area contributed by atoms with E-state index >= 15 is 0 Å². The average Bonchev–Trinajstić information content (AvgIpc) is 3.07. The Kier molecular flexibility index (Phi) is 10.9. The van der Waals surface area contributed by atoms with E-state index in [9.17, 15) is 4.79 Å². The minimum atomic E-state index is -0.0822. The topological polar surface area (TPSA) is 78.0 Å². The molecule has 1 aromatic carbocycles. The van der Waals surface area contributed by atoms with Crippen LogP contribution in [0.1, 0.15) is 6.42 Å². The molecule has 26 heavy (non-hydrogen) atoms. The van der Waals surface area contributed by atoms with E-state index in [1.165, 1.54) is 5.69 Å². The molecule has 1 fully saturated rings.